The molecule has 2 heterocycles. The second-order valence-electron chi connectivity index (χ2n) is 6.19. The van der Waals surface area contributed by atoms with Crippen LogP contribution in [-0.4, -0.2) is 39.8 Å². The molecule has 2 aliphatic rings. The highest BCUT2D eigenvalue weighted by molar-refractivity contribution is 5.91. The monoisotopic (exact) mass is 288 g/mol. The minimum Gasteiger partial charge on any atom is -0.369 e. The van der Waals surface area contributed by atoms with E-state index in [4.69, 9.17) is 5.73 Å². The molecule has 1 saturated heterocycles. The predicted octanol–water partition coefficient (Wildman–Crippen LogP) is 0.984. The molecular formula is C15H20N4O2. The lowest BCUT2D eigenvalue weighted by Crippen LogP contribution is -2.52. The smallest absolute Gasteiger partial charge is 0.291 e. The van der Waals surface area contributed by atoms with Crippen molar-refractivity contribution in [1.29, 1.82) is 0 Å². The third-order valence-electron chi connectivity index (χ3n) is 4.52. The quantitative estimate of drug-likeness (QED) is 0.894. The average Bonchev–Trinajstić information content (AvgIpc) is 3.31. The van der Waals surface area contributed by atoms with Crippen LogP contribution in [0.15, 0.2) is 18.5 Å². The van der Waals surface area contributed by atoms with Crippen LogP contribution < -0.4 is 5.73 Å². The van der Waals surface area contributed by atoms with Crippen molar-refractivity contribution in [3.63, 3.8) is 0 Å². The Morgan fingerprint density at radius 1 is 1.33 bits per heavy atom. The maximum Gasteiger partial charge on any atom is 0.291 e. The lowest BCUT2D eigenvalue weighted by molar-refractivity contribution is -0.131. The molecule has 6 nitrogen and oxygen atoms in total. The second-order valence-corrected chi connectivity index (χ2v) is 6.19. The Balaban J connectivity index is 1.77. The van der Waals surface area contributed by atoms with E-state index < -0.39 is 5.41 Å². The molecule has 2 amide bonds. The lowest BCUT2D eigenvalue weighted by atomic mass is 9.75. The first-order valence-electron chi connectivity index (χ1n) is 7.47. The number of nitrogens with two attached hydrogens (primary N) is 1. The number of piperidine rings is 1. The Morgan fingerprint density at radius 2 is 2.05 bits per heavy atom. The number of nitrogens with zero attached hydrogens (tertiary/aromatic N) is 3. The molecule has 0 aromatic carbocycles. The summed E-state index contributed by atoms with van der Waals surface area (Å²) in [6.07, 6.45) is 7.83. The molecule has 1 aromatic rings. The molecule has 0 bridgehead atoms. The first kappa shape index (κ1) is 14.0. The van der Waals surface area contributed by atoms with Gasteiger partial charge in [0.15, 0.2) is 0 Å². The lowest BCUT2D eigenvalue weighted by Gasteiger charge is -2.40. The summed E-state index contributed by atoms with van der Waals surface area (Å²) in [6, 6.07) is 1.67. The van der Waals surface area contributed by atoms with Gasteiger partial charge in [-0.1, -0.05) is 12.8 Å². The highest BCUT2D eigenvalue weighted by Crippen LogP contribution is 2.44. The van der Waals surface area contributed by atoms with E-state index in [0.717, 1.165) is 19.3 Å². The van der Waals surface area contributed by atoms with Crippen molar-refractivity contribution in [3.8, 4) is 0 Å². The van der Waals surface area contributed by atoms with E-state index in [1.165, 1.54) is 12.8 Å². The van der Waals surface area contributed by atoms with Gasteiger partial charge in [0.2, 0.25) is 11.7 Å². The number of aromatic nitrogens is 2. The zero-order valence-corrected chi connectivity index (χ0v) is 12.0. The van der Waals surface area contributed by atoms with Gasteiger partial charge in [0.25, 0.3) is 5.91 Å². The SMILES string of the molecule is NC(=O)C1(CC2CC2)CCCN(C(=O)c2ncccn2)C1. The average molecular weight is 288 g/mol. The van der Waals surface area contributed by atoms with E-state index in [0.29, 0.717) is 19.0 Å². The Bertz CT molecular complexity index is 544. The molecule has 2 N–H and O–H groups in total. The van der Waals surface area contributed by atoms with Crippen LogP contribution >= 0.6 is 0 Å². The van der Waals surface area contributed by atoms with E-state index >= 15 is 0 Å². The summed E-state index contributed by atoms with van der Waals surface area (Å²) in [6.45, 7) is 1.03. The number of primary amides is 1. The van der Waals surface area contributed by atoms with Crippen molar-refractivity contribution in [3.05, 3.63) is 24.3 Å². The molecule has 3 rings (SSSR count). The predicted molar refractivity (Wildman–Crippen MR) is 76.1 cm³/mol. The van der Waals surface area contributed by atoms with Crippen LogP contribution in [0.3, 0.4) is 0 Å². The van der Waals surface area contributed by atoms with Crippen LogP contribution in [0, 0.1) is 11.3 Å². The van der Waals surface area contributed by atoms with Gasteiger partial charge in [-0.2, -0.15) is 0 Å². The number of carbonyl (C=O) groups is 2. The Morgan fingerprint density at radius 3 is 2.67 bits per heavy atom. The number of carbonyl (C=O) groups excluding carboxylic acids is 2. The molecule has 0 radical (unpaired) electrons. The fraction of sp³-hybridized carbons (Fsp3) is 0.600. The standard InChI is InChI=1S/C15H20N4O2/c16-14(21)15(9-11-3-4-11)5-1-8-19(10-15)13(20)12-17-6-2-7-18-12/h2,6-7,11H,1,3-5,8-10H2,(H2,16,21). The molecule has 1 aliphatic carbocycles. The van der Waals surface area contributed by atoms with Gasteiger partial charge in [-0.25, -0.2) is 9.97 Å². The van der Waals surface area contributed by atoms with E-state index in [-0.39, 0.29) is 17.6 Å². The molecule has 1 saturated carbocycles. The van der Waals surface area contributed by atoms with Crippen LogP contribution in [0.4, 0.5) is 0 Å². The maximum atomic E-state index is 12.5. The number of amides is 2. The molecule has 21 heavy (non-hydrogen) atoms. The van der Waals surface area contributed by atoms with Crippen molar-refractivity contribution >= 4 is 11.8 Å². The zero-order chi connectivity index (χ0) is 14.9. The second kappa shape index (κ2) is 5.42. The molecule has 1 atom stereocenters. The largest absolute Gasteiger partial charge is 0.369 e. The number of likely N-dealkylation sites (tertiary alicyclic amines) is 1. The molecule has 1 unspecified atom stereocenters. The Hall–Kier alpha value is -1.98. The summed E-state index contributed by atoms with van der Waals surface area (Å²) in [4.78, 5) is 34.1. The van der Waals surface area contributed by atoms with Crippen LogP contribution in [0.2, 0.25) is 0 Å². The van der Waals surface area contributed by atoms with Crippen molar-refractivity contribution in [2.45, 2.75) is 32.1 Å². The first-order chi connectivity index (χ1) is 10.1. The normalized spacial score (nSPS) is 25.6. The summed E-state index contributed by atoms with van der Waals surface area (Å²) in [5.74, 6) is 0.294. The zero-order valence-electron chi connectivity index (χ0n) is 12.0. The minimum absolute atomic E-state index is 0.184. The van der Waals surface area contributed by atoms with Crippen LogP contribution in [0.5, 0.6) is 0 Å². The molecular weight excluding hydrogens is 268 g/mol. The highest BCUT2D eigenvalue weighted by atomic mass is 16.2. The van der Waals surface area contributed by atoms with Gasteiger partial charge in [0.1, 0.15) is 0 Å². The molecule has 0 spiro atoms. The first-order valence-corrected chi connectivity index (χ1v) is 7.47. The number of hydrogen-bond acceptors (Lipinski definition) is 4. The Labute approximate surface area is 123 Å². The number of hydrogen-bond donors (Lipinski definition) is 1. The van der Waals surface area contributed by atoms with Crippen LogP contribution in [-0.2, 0) is 4.79 Å². The molecule has 1 aromatic heterocycles. The van der Waals surface area contributed by atoms with E-state index in [2.05, 4.69) is 9.97 Å². The molecule has 112 valence electrons. The third-order valence-corrected chi connectivity index (χ3v) is 4.52. The van der Waals surface area contributed by atoms with E-state index in [1.807, 2.05) is 0 Å². The van der Waals surface area contributed by atoms with Gasteiger partial charge < -0.3 is 10.6 Å². The van der Waals surface area contributed by atoms with Gasteiger partial charge in [-0.15, -0.1) is 0 Å². The highest BCUT2D eigenvalue weighted by Gasteiger charge is 2.45. The van der Waals surface area contributed by atoms with Crippen molar-refractivity contribution < 1.29 is 9.59 Å². The van der Waals surface area contributed by atoms with Crippen LogP contribution in [0.25, 0.3) is 0 Å². The number of rotatable bonds is 4. The van der Waals surface area contributed by atoms with Crippen molar-refractivity contribution in [2.24, 2.45) is 17.1 Å². The van der Waals surface area contributed by atoms with Gasteiger partial charge in [-0.05, 0) is 31.2 Å². The third kappa shape index (κ3) is 2.89. The van der Waals surface area contributed by atoms with Crippen molar-refractivity contribution in [2.75, 3.05) is 13.1 Å². The molecule has 6 heteroatoms. The summed E-state index contributed by atoms with van der Waals surface area (Å²) < 4.78 is 0. The molecule has 1 aliphatic heterocycles. The maximum absolute atomic E-state index is 12.5. The van der Waals surface area contributed by atoms with E-state index in [9.17, 15) is 9.59 Å². The van der Waals surface area contributed by atoms with E-state index in [1.54, 1.807) is 23.4 Å². The molecule has 2 fully saturated rings. The van der Waals surface area contributed by atoms with Crippen molar-refractivity contribution in [1.82, 2.24) is 14.9 Å². The van der Waals surface area contributed by atoms with Gasteiger partial charge in [-0.3, -0.25) is 9.59 Å². The van der Waals surface area contributed by atoms with Gasteiger partial charge in [0, 0.05) is 25.5 Å². The summed E-state index contributed by atoms with van der Waals surface area (Å²) >= 11 is 0. The summed E-state index contributed by atoms with van der Waals surface area (Å²) in [7, 11) is 0. The fourth-order valence-corrected chi connectivity index (χ4v) is 3.20. The Kier molecular flexibility index (Phi) is 3.61. The topological polar surface area (TPSA) is 89.2 Å². The van der Waals surface area contributed by atoms with Gasteiger partial charge in [0.05, 0.1) is 5.41 Å². The fourth-order valence-electron chi connectivity index (χ4n) is 3.20. The summed E-state index contributed by atoms with van der Waals surface area (Å²) in [5, 5.41) is 0. The van der Waals surface area contributed by atoms with Gasteiger partial charge >= 0.3 is 0 Å². The minimum atomic E-state index is -0.566. The summed E-state index contributed by atoms with van der Waals surface area (Å²) in [5.41, 5.74) is 5.11. The van der Waals surface area contributed by atoms with Crippen LogP contribution in [0.1, 0.15) is 42.7 Å².